The van der Waals surface area contributed by atoms with E-state index in [9.17, 15) is 37.5 Å². The fourth-order valence-corrected chi connectivity index (χ4v) is 4.07. The highest BCUT2D eigenvalue weighted by Crippen LogP contribution is 2.20. The number of carbonyl (C=O) groups is 5. The van der Waals surface area contributed by atoms with E-state index < -0.39 is 24.2 Å². The standard InChI is InChI=1S/C21H28N4O5.C2HF3O2/c1-14(26)17-4-2-10-24(17)19(27)12-22-15-6-8-16(9-7-15)23-13-20(28)25-11-3-5-18(25)21(29)30;3-2(4,5)1(6)7/h6-9,17-18,22-23H,2-5,10-13H2,1H3,(H,29,30);(H,6,7)/t17-,18-;/m1./s1. The van der Waals surface area contributed by atoms with Gasteiger partial charge in [-0.3, -0.25) is 14.4 Å². The molecule has 0 spiro atoms. The first-order chi connectivity index (χ1) is 17.3. The minimum Gasteiger partial charge on any atom is -0.480 e. The summed E-state index contributed by atoms with van der Waals surface area (Å²) in [6, 6.07) is 6.12. The largest absolute Gasteiger partial charge is 0.490 e. The van der Waals surface area contributed by atoms with Crippen LogP contribution in [-0.2, 0) is 24.0 Å². The second-order valence-electron chi connectivity index (χ2n) is 8.53. The zero-order valence-corrected chi connectivity index (χ0v) is 20.1. The Kier molecular flexibility index (Phi) is 10.3. The molecule has 2 heterocycles. The minimum atomic E-state index is -5.08. The summed E-state index contributed by atoms with van der Waals surface area (Å²) in [5.41, 5.74) is 1.48. The third-order valence-electron chi connectivity index (χ3n) is 5.92. The van der Waals surface area contributed by atoms with Gasteiger partial charge in [-0.2, -0.15) is 13.2 Å². The van der Waals surface area contributed by atoms with E-state index in [-0.39, 0.29) is 36.7 Å². The third-order valence-corrected chi connectivity index (χ3v) is 5.92. The summed E-state index contributed by atoms with van der Waals surface area (Å²) in [6.07, 6.45) is -2.32. The van der Waals surface area contributed by atoms with Crippen LogP contribution in [0.2, 0.25) is 0 Å². The molecule has 2 saturated heterocycles. The second kappa shape index (κ2) is 12.9. The summed E-state index contributed by atoms with van der Waals surface area (Å²) in [7, 11) is 0. The molecule has 2 amide bonds. The first kappa shape index (κ1) is 29.4. The van der Waals surface area contributed by atoms with Crippen molar-refractivity contribution >= 4 is 40.9 Å². The van der Waals surface area contributed by atoms with Crippen molar-refractivity contribution in [2.24, 2.45) is 0 Å². The molecular formula is C23H29F3N4O7. The van der Waals surface area contributed by atoms with Crippen LogP contribution >= 0.6 is 0 Å². The van der Waals surface area contributed by atoms with Gasteiger partial charge in [0.25, 0.3) is 0 Å². The number of hydrogen-bond donors (Lipinski definition) is 4. The molecule has 37 heavy (non-hydrogen) atoms. The number of anilines is 2. The van der Waals surface area contributed by atoms with E-state index >= 15 is 0 Å². The molecule has 204 valence electrons. The summed E-state index contributed by atoms with van der Waals surface area (Å²) < 4.78 is 31.7. The Hall–Kier alpha value is -3.84. The number of aliphatic carboxylic acids is 2. The lowest BCUT2D eigenvalue weighted by Crippen LogP contribution is -2.43. The molecule has 0 bridgehead atoms. The van der Waals surface area contributed by atoms with Gasteiger partial charge < -0.3 is 30.6 Å². The maximum Gasteiger partial charge on any atom is 0.490 e. The maximum atomic E-state index is 12.4. The Bertz CT molecular complexity index is 934. The van der Waals surface area contributed by atoms with Crippen molar-refractivity contribution in [3.8, 4) is 0 Å². The number of carboxylic acids is 2. The molecule has 11 nitrogen and oxygen atoms in total. The van der Waals surface area contributed by atoms with E-state index in [4.69, 9.17) is 9.90 Å². The van der Waals surface area contributed by atoms with Gasteiger partial charge in [-0.05, 0) is 56.9 Å². The van der Waals surface area contributed by atoms with Gasteiger partial charge in [0.15, 0.2) is 5.78 Å². The van der Waals surface area contributed by atoms with Crippen molar-refractivity contribution in [1.82, 2.24) is 9.80 Å². The summed E-state index contributed by atoms with van der Waals surface area (Å²) in [4.78, 5) is 59.5. The van der Waals surface area contributed by atoms with Gasteiger partial charge in [-0.25, -0.2) is 9.59 Å². The van der Waals surface area contributed by atoms with Crippen LogP contribution in [0.5, 0.6) is 0 Å². The Morgan fingerprint density at radius 3 is 1.57 bits per heavy atom. The number of Topliss-reactive ketones (excluding diaryl/α,β-unsaturated/α-hetero) is 1. The second-order valence-corrected chi connectivity index (χ2v) is 8.53. The summed E-state index contributed by atoms with van der Waals surface area (Å²) in [6.45, 7) is 2.74. The highest BCUT2D eigenvalue weighted by atomic mass is 19.4. The molecule has 2 aliphatic rings. The van der Waals surface area contributed by atoms with Gasteiger partial charge in [0.05, 0.1) is 19.1 Å². The molecule has 0 radical (unpaired) electrons. The fourth-order valence-electron chi connectivity index (χ4n) is 4.07. The van der Waals surface area contributed by atoms with E-state index in [1.54, 1.807) is 29.2 Å². The molecule has 4 N–H and O–H groups in total. The quantitative estimate of drug-likeness (QED) is 0.394. The topological polar surface area (TPSA) is 156 Å². The van der Waals surface area contributed by atoms with Gasteiger partial charge >= 0.3 is 18.1 Å². The number of halogens is 3. The molecule has 1 aromatic rings. The normalized spacial score (nSPS) is 19.0. The Morgan fingerprint density at radius 1 is 0.838 bits per heavy atom. The van der Waals surface area contributed by atoms with Crippen molar-refractivity contribution in [3.63, 3.8) is 0 Å². The Balaban J connectivity index is 0.000000604. The van der Waals surface area contributed by atoms with Crippen LogP contribution < -0.4 is 10.6 Å². The van der Waals surface area contributed by atoms with Gasteiger partial charge in [0.1, 0.15) is 6.04 Å². The number of nitrogens with one attached hydrogen (secondary N) is 2. The van der Waals surface area contributed by atoms with Gasteiger partial charge in [-0.15, -0.1) is 0 Å². The Labute approximate surface area is 210 Å². The molecule has 2 fully saturated rings. The van der Waals surface area contributed by atoms with Crippen molar-refractivity contribution in [2.45, 2.75) is 50.9 Å². The average Bonchev–Trinajstić information content (AvgIpc) is 3.52. The zero-order valence-electron chi connectivity index (χ0n) is 20.1. The van der Waals surface area contributed by atoms with E-state index in [1.165, 1.54) is 11.8 Å². The van der Waals surface area contributed by atoms with Crippen LogP contribution in [0.15, 0.2) is 24.3 Å². The SMILES string of the molecule is CC(=O)[C@H]1CCCN1C(=O)CNc1ccc(NCC(=O)N2CCC[C@@H]2C(=O)O)cc1.O=C(O)C(F)(F)F. The number of rotatable bonds is 8. The molecule has 3 rings (SSSR count). The monoisotopic (exact) mass is 530 g/mol. The van der Waals surface area contributed by atoms with Crippen LogP contribution in [-0.4, -0.2) is 94.0 Å². The minimum absolute atomic E-state index is 0.0226. The molecule has 1 aromatic carbocycles. The average molecular weight is 531 g/mol. The van der Waals surface area contributed by atoms with Crippen LogP contribution in [0.1, 0.15) is 32.6 Å². The molecule has 0 saturated carbocycles. The van der Waals surface area contributed by atoms with Crippen LogP contribution in [0.3, 0.4) is 0 Å². The molecule has 14 heteroatoms. The molecule has 2 aliphatic heterocycles. The lowest BCUT2D eigenvalue weighted by atomic mass is 10.1. The molecule has 0 aliphatic carbocycles. The van der Waals surface area contributed by atoms with Crippen molar-refractivity contribution in [3.05, 3.63) is 24.3 Å². The zero-order chi connectivity index (χ0) is 27.8. The smallest absolute Gasteiger partial charge is 0.480 e. The third kappa shape index (κ3) is 8.65. The summed E-state index contributed by atoms with van der Waals surface area (Å²) >= 11 is 0. The predicted molar refractivity (Wildman–Crippen MR) is 125 cm³/mol. The van der Waals surface area contributed by atoms with Crippen LogP contribution in [0, 0.1) is 0 Å². The van der Waals surface area contributed by atoms with Gasteiger partial charge in [0, 0.05) is 24.5 Å². The van der Waals surface area contributed by atoms with E-state index in [0.29, 0.717) is 25.9 Å². The van der Waals surface area contributed by atoms with E-state index in [2.05, 4.69) is 10.6 Å². The lowest BCUT2D eigenvalue weighted by Gasteiger charge is -2.23. The maximum absolute atomic E-state index is 12.4. The summed E-state index contributed by atoms with van der Waals surface area (Å²) in [5, 5.41) is 22.4. The van der Waals surface area contributed by atoms with Gasteiger partial charge in [-0.1, -0.05) is 0 Å². The first-order valence-electron chi connectivity index (χ1n) is 11.5. The lowest BCUT2D eigenvalue weighted by molar-refractivity contribution is -0.192. The van der Waals surface area contributed by atoms with Crippen molar-refractivity contribution in [1.29, 1.82) is 0 Å². The number of ketones is 1. The number of carboxylic acid groups (broad SMARTS) is 2. The molecule has 0 unspecified atom stereocenters. The number of benzene rings is 1. The number of carbonyl (C=O) groups excluding carboxylic acids is 3. The first-order valence-corrected chi connectivity index (χ1v) is 11.5. The molecule has 2 atom stereocenters. The fraction of sp³-hybridized carbons (Fsp3) is 0.522. The van der Waals surface area contributed by atoms with Crippen LogP contribution in [0.4, 0.5) is 24.5 Å². The molecule has 0 aromatic heterocycles. The number of hydrogen-bond acceptors (Lipinski definition) is 7. The molecular weight excluding hydrogens is 501 g/mol. The van der Waals surface area contributed by atoms with Crippen LogP contribution in [0.25, 0.3) is 0 Å². The predicted octanol–water partition coefficient (Wildman–Crippen LogP) is 1.80. The number of amides is 2. The number of likely N-dealkylation sites (tertiary alicyclic amines) is 2. The van der Waals surface area contributed by atoms with E-state index in [0.717, 1.165) is 24.2 Å². The van der Waals surface area contributed by atoms with Crippen molar-refractivity contribution < 1.29 is 47.4 Å². The number of alkyl halides is 3. The Morgan fingerprint density at radius 2 is 1.22 bits per heavy atom. The van der Waals surface area contributed by atoms with E-state index in [1.807, 2.05) is 0 Å². The highest BCUT2D eigenvalue weighted by Gasteiger charge is 2.38. The highest BCUT2D eigenvalue weighted by molar-refractivity contribution is 5.90. The van der Waals surface area contributed by atoms with Gasteiger partial charge in [0.2, 0.25) is 11.8 Å². The summed E-state index contributed by atoms with van der Waals surface area (Å²) in [5.74, 6) is -4.03. The number of nitrogens with zero attached hydrogens (tertiary/aromatic N) is 2. The van der Waals surface area contributed by atoms with Crippen molar-refractivity contribution in [2.75, 3.05) is 36.8 Å².